The minimum atomic E-state index is -2.51. The van der Waals surface area contributed by atoms with E-state index in [-0.39, 0.29) is 30.8 Å². The van der Waals surface area contributed by atoms with Crippen LogP contribution in [0.25, 0.3) is 6.08 Å². The van der Waals surface area contributed by atoms with Crippen LogP contribution in [0.2, 0.25) is 0 Å². The maximum atomic E-state index is 13.3. The van der Waals surface area contributed by atoms with E-state index in [1.54, 1.807) is 0 Å². The molecule has 1 aliphatic carbocycles. The standard InChI is InChI=1S/C20H23F2NO2.C2H6/c1-3-18(24)23-17-11-15(19-16(12-17)10-13(2)25-19)5-4-14-6-8-20(21,22)9-7-14;1-2/h3-5,11-14H,1,6-10H2,2H3,(H,23,24);1-2H3/b5-4+;. The molecule has 1 atom stereocenters. The smallest absolute Gasteiger partial charge is 0.248 e. The number of ether oxygens (including phenoxy) is 1. The van der Waals surface area contributed by atoms with Crippen LogP contribution in [-0.2, 0) is 11.2 Å². The molecule has 148 valence electrons. The van der Waals surface area contributed by atoms with Gasteiger partial charge in [-0.1, -0.05) is 32.6 Å². The molecule has 1 N–H and O–H groups in total. The number of carbonyl (C=O) groups excluding carboxylic acids is 1. The third-order valence-electron chi connectivity index (χ3n) is 4.78. The largest absolute Gasteiger partial charge is 0.489 e. The minimum Gasteiger partial charge on any atom is -0.489 e. The Labute approximate surface area is 160 Å². The van der Waals surface area contributed by atoms with E-state index in [9.17, 15) is 13.6 Å². The van der Waals surface area contributed by atoms with E-state index in [0.29, 0.717) is 18.5 Å². The van der Waals surface area contributed by atoms with Crippen molar-refractivity contribution >= 4 is 17.7 Å². The number of rotatable bonds is 4. The van der Waals surface area contributed by atoms with Gasteiger partial charge in [-0.05, 0) is 43.9 Å². The number of alkyl halides is 2. The molecule has 1 saturated carbocycles. The molecule has 1 aromatic carbocycles. The first-order valence-corrected chi connectivity index (χ1v) is 9.69. The zero-order valence-electron chi connectivity index (χ0n) is 16.4. The first-order chi connectivity index (χ1) is 12.9. The second-order valence-corrected chi connectivity index (χ2v) is 6.93. The van der Waals surface area contributed by atoms with E-state index in [1.165, 1.54) is 6.08 Å². The van der Waals surface area contributed by atoms with Gasteiger partial charge in [-0.2, -0.15) is 0 Å². The summed E-state index contributed by atoms with van der Waals surface area (Å²) in [7, 11) is 0. The molecular weight excluding hydrogens is 348 g/mol. The molecule has 1 aromatic rings. The van der Waals surface area contributed by atoms with Crippen molar-refractivity contribution in [3.05, 3.63) is 42.0 Å². The van der Waals surface area contributed by atoms with E-state index >= 15 is 0 Å². The van der Waals surface area contributed by atoms with E-state index in [4.69, 9.17) is 4.74 Å². The fourth-order valence-corrected chi connectivity index (χ4v) is 3.45. The van der Waals surface area contributed by atoms with Gasteiger partial charge in [-0.15, -0.1) is 0 Å². The highest BCUT2D eigenvalue weighted by molar-refractivity contribution is 5.99. The Hall–Kier alpha value is -2.17. The Balaban J connectivity index is 0.00000126. The Morgan fingerprint density at radius 3 is 2.59 bits per heavy atom. The molecule has 1 heterocycles. The fraction of sp³-hybridized carbons (Fsp3) is 0.500. The lowest BCUT2D eigenvalue weighted by molar-refractivity contribution is -0.111. The summed E-state index contributed by atoms with van der Waals surface area (Å²) in [4.78, 5) is 11.6. The monoisotopic (exact) mass is 377 g/mol. The average Bonchev–Trinajstić information content (AvgIpc) is 3.02. The zero-order chi connectivity index (χ0) is 20.0. The number of amides is 1. The van der Waals surface area contributed by atoms with Crippen molar-refractivity contribution in [1.29, 1.82) is 0 Å². The van der Waals surface area contributed by atoms with Gasteiger partial charge in [-0.3, -0.25) is 4.79 Å². The van der Waals surface area contributed by atoms with Crippen molar-refractivity contribution in [2.75, 3.05) is 5.32 Å². The van der Waals surface area contributed by atoms with Crippen LogP contribution in [0.3, 0.4) is 0 Å². The number of fused-ring (bicyclic) bond motifs is 1. The molecule has 0 aromatic heterocycles. The van der Waals surface area contributed by atoms with Gasteiger partial charge in [0, 0.05) is 36.1 Å². The lowest BCUT2D eigenvalue weighted by atomic mass is 9.86. The molecule has 0 bridgehead atoms. The molecule has 5 heteroatoms. The quantitative estimate of drug-likeness (QED) is 0.654. The van der Waals surface area contributed by atoms with Crippen LogP contribution in [0, 0.1) is 5.92 Å². The summed E-state index contributed by atoms with van der Waals surface area (Å²) in [5.74, 6) is -1.81. The van der Waals surface area contributed by atoms with Crippen LogP contribution >= 0.6 is 0 Å². The second kappa shape index (κ2) is 9.16. The molecule has 0 spiro atoms. The van der Waals surface area contributed by atoms with Crippen molar-refractivity contribution in [2.45, 2.75) is 64.9 Å². The molecule has 0 saturated heterocycles. The predicted octanol–water partition coefficient (Wildman–Crippen LogP) is 6.00. The summed E-state index contributed by atoms with van der Waals surface area (Å²) in [6, 6.07) is 3.77. The van der Waals surface area contributed by atoms with Gasteiger partial charge in [0.15, 0.2) is 0 Å². The van der Waals surface area contributed by atoms with Crippen molar-refractivity contribution < 1.29 is 18.3 Å². The highest BCUT2D eigenvalue weighted by atomic mass is 19.3. The summed E-state index contributed by atoms with van der Waals surface area (Å²) in [5.41, 5.74) is 2.61. The molecule has 0 radical (unpaired) electrons. The second-order valence-electron chi connectivity index (χ2n) is 6.93. The fourth-order valence-electron chi connectivity index (χ4n) is 3.45. The van der Waals surface area contributed by atoms with E-state index in [1.807, 2.05) is 45.1 Å². The SMILES string of the molecule is C=CC(=O)Nc1cc(/C=C/C2CCC(F)(F)CC2)c2c(c1)CC(C)O2.CC. The summed E-state index contributed by atoms with van der Waals surface area (Å²) in [6.07, 6.45) is 6.91. The maximum Gasteiger partial charge on any atom is 0.248 e. The maximum absolute atomic E-state index is 13.3. The molecule has 1 unspecified atom stereocenters. The first-order valence-electron chi connectivity index (χ1n) is 9.69. The van der Waals surface area contributed by atoms with Crippen molar-refractivity contribution in [1.82, 2.24) is 0 Å². The highest BCUT2D eigenvalue weighted by Gasteiger charge is 2.34. The van der Waals surface area contributed by atoms with Crippen LogP contribution in [0.4, 0.5) is 14.5 Å². The molecule has 27 heavy (non-hydrogen) atoms. The number of halogens is 2. The summed E-state index contributed by atoms with van der Waals surface area (Å²) < 4.78 is 32.5. The number of hydrogen-bond acceptors (Lipinski definition) is 2. The van der Waals surface area contributed by atoms with Gasteiger partial charge in [0.2, 0.25) is 11.8 Å². The van der Waals surface area contributed by atoms with E-state index in [0.717, 1.165) is 23.3 Å². The van der Waals surface area contributed by atoms with Crippen LogP contribution in [0.1, 0.15) is 57.6 Å². The Morgan fingerprint density at radius 1 is 1.30 bits per heavy atom. The Morgan fingerprint density at radius 2 is 1.96 bits per heavy atom. The first kappa shape index (κ1) is 21.1. The predicted molar refractivity (Wildman–Crippen MR) is 106 cm³/mol. The number of anilines is 1. The van der Waals surface area contributed by atoms with Crippen LogP contribution in [-0.4, -0.2) is 17.9 Å². The average molecular weight is 377 g/mol. The number of carbonyl (C=O) groups is 1. The van der Waals surface area contributed by atoms with Gasteiger partial charge in [0.05, 0.1) is 0 Å². The number of benzene rings is 1. The molecule has 1 fully saturated rings. The molecule has 3 nitrogen and oxygen atoms in total. The molecular formula is C22H29F2NO2. The van der Waals surface area contributed by atoms with Gasteiger partial charge in [0.1, 0.15) is 11.9 Å². The lowest BCUT2D eigenvalue weighted by Crippen LogP contribution is -2.23. The normalized spacial score (nSPS) is 21.0. The van der Waals surface area contributed by atoms with Crippen molar-refractivity contribution in [3.8, 4) is 5.75 Å². The highest BCUT2D eigenvalue weighted by Crippen LogP contribution is 2.39. The van der Waals surface area contributed by atoms with Crippen LogP contribution < -0.4 is 10.1 Å². The minimum absolute atomic E-state index is 0.0525. The summed E-state index contributed by atoms with van der Waals surface area (Å²) >= 11 is 0. The number of nitrogens with one attached hydrogen (secondary N) is 1. The zero-order valence-corrected chi connectivity index (χ0v) is 16.4. The number of allylic oxidation sites excluding steroid dienone is 1. The topological polar surface area (TPSA) is 38.3 Å². The van der Waals surface area contributed by atoms with Gasteiger partial charge >= 0.3 is 0 Å². The molecule has 1 amide bonds. The Bertz CT molecular complexity index is 703. The third-order valence-corrected chi connectivity index (χ3v) is 4.78. The van der Waals surface area contributed by atoms with Gasteiger partial charge in [0.25, 0.3) is 0 Å². The van der Waals surface area contributed by atoms with Gasteiger partial charge in [-0.25, -0.2) is 8.78 Å². The Kier molecular flexibility index (Phi) is 7.17. The molecule has 1 aliphatic heterocycles. The lowest BCUT2D eigenvalue weighted by Gasteiger charge is -2.26. The van der Waals surface area contributed by atoms with Crippen molar-refractivity contribution in [3.63, 3.8) is 0 Å². The van der Waals surface area contributed by atoms with E-state index in [2.05, 4.69) is 11.9 Å². The van der Waals surface area contributed by atoms with Crippen LogP contribution in [0.5, 0.6) is 5.75 Å². The summed E-state index contributed by atoms with van der Waals surface area (Å²) in [5, 5.41) is 2.78. The number of hydrogen-bond donors (Lipinski definition) is 1. The van der Waals surface area contributed by atoms with Crippen molar-refractivity contribution in [2.24, 2.45) is 5.92 Å². The third kappa shape index (κ3) is 5.65. The summed E-state index contributed by atoms with van der Waals surface area (Å²) in [6.45, 7) is 9.46. The van der Waals surface area contributed by atoms with E-state index < -0.39 is 5.92 Å². The molecule has 2 aliphatic rings. The van der Waals surface area contributed by atoms with Gasteiger partial charge < -0.3 is 10.1 Å². The van der Waals surface area contributed by atoms with Crippen LogP contribution in [0.15, 0.2) is 30.9 Å². The molecule has 3 rings (SSSR count).